The van der Waals surface area contributed by atoms with E-state index in [2.05, 4.69) is 17.1 Å². The van der Waals surface area contributed by atoms with E-state index in [0.717, 1.165) is 19.0 Å². The van der Waals surface area contributed by atoms with Crippen LogP contribution >= 0.6 is 23.2 Å². The summed E-state index contributed by atoms with van der Waals surface area (Å²) in [6.45, 7) is 4.24. The molecule has 6 heteroatoms. The van der Waals surface area contributed by atoms with Crippen LogP contribution in [-0.4, -0.2) is 30.4 Å². The SMILES string of the molecule is CCN(CC(=O)Nc1c(Cl)cc(N)cc1Cl)CC1CC1. The molecule has 110 valence electrons. The van der Waals surface area contributed by atoms with Crippen LogP contribution in [0.15, 0.2) is 12.1 Å². The third-order valence-electron chi connectivity index (χ3n) is 3.36. The Morgan fingerprint density at radius 1 is 1.40 bits per heavy atom. The highest BCUT2D eigenvalue weighted by molar-refractivity contribution is 6.40. The minimum atomic E-state index is -0.110. The molecule has 0 aromatic heterocycles. The first kappa shape index (κ1) is 15.4. The maximum absolute atomic E-state index is 12.1. The molecule has 1 aliphatic rings. The molecular formula is C14H19Cl2N3O. The fraction of sp³-hybridized carbons (Fsp3) is 0.500. The highest BCUT2D eigenvalue weighted by Crippen LogP contribution is 2.33. The molecule has 2 rings (SSSR count). The first-order valence-electron chi connectivity index (χ1n) is 6.76. The Kier molecular flexibility index (Phi) is 5.13. The minimum Gasteiger partial charge on any atom is -0.399 e. The number of halogens is 2. The Hall–Kier alpha value is -0.970. The van der Waals surface area contributed by atoms with E-state index in [1.54, 1.807) is 12.1 Å². The monoisotopic (exact) mass is 315 g/mol. The van der Waals surface area contributed by atoms with Gasteiger partial charge in [0.1, 0.15) is 0 Å². The summed E-state index contributed by atoms with van der Waals surface area (Å²) in [5.74, 6) is 0.646. The van der Waals surface area contributed by atoms with Crippen molar-refractivity contribution in [3.63, 3.8) is 0 Å². The number of likely N-dealkylation sites (N-methyl/N-ethyl adjacent to an activating group) is 1. The zero-order valence-corrected chi connectivity index (χ0v) is 13.0. The molecule has 0 aliphatic heterocycles. The number of nitrogens with two attached hydrogens (primary N) is 1. The van der Waals surface area contributed by atoms with Gasteiger partial charge in [0.2, 0.25) is 5.91 Å². The van der Waals surface area contributed by atoms with Gasteiger partial charge in [0.05, 0.1) is 22.3 Å². The molecule has 1 amide bonds. The normalized spacial score (nSPS) is 14.6. The van der Waals surface area contributed by atoms with Crippen molar-refractivity contribution in [2.75, 3.05) is 30.7 Å². The lowest BCUT2D eigenvalue weighted by Gasteiger charge is -2.20. The Labute approximate surface area is 129 Å². The van der Waals surface area contributed by atoms with Gasteiger partial charge in [-0.2, -0.15) is 0 Å². The molecule has 0 bridgehead atoms. The molecule has 0 unspecified atom stereocenters. The fourth-order valence-corrected chi connectivity index (χ4v) is 2.66. The summed E-state index contributed by atoms with van der Waals surface area (Å²) in [6, 6.07) is 3.15. The van der Waals surface area contributed by atoms with Crippen molar-refractivity contribution in [3.05, 3.63) is 22.2 Å². The Morgan fingerprint density at radius 2 is 2.00 bits per heavy atom. The quantitative estimate of drug-likeness (QED) is 0.792. The number of anilines is 2. The van der Waals surface area contributed by atoms with E-state index >= 15 is 0 Å². The molecule has 1 fully saturated rings. The van der Waals surface area contributed by atoms with Gasteiger partial charge in [-0.3, -0.25) is 9.69 Å². The zero-order valence-electron chi connectivity index (χ0n) is 11.5. The van der Waals surface area contributed by atoms with E-state index in [1.807, 2.05) is 0 Å². The Morgan fingerprint density at radius 3 is 2.50 bits per heavy atom. The fourth-order valence-electron chi connectivity index (χ4n) is 2.07. The first-order chi connectivity index (χ1) is 9.49. The summed E-state index contributed by atoms with van der Waals surface area (Å²) in [4.78, 5) is 14.2. The van der Waals surface area contributed by atoms with Crippen molar-refractivity contribution < 1.29 is 4.79 Å². The maximum Gasteiger partial charge on any atom is 0.238 e. The number of nitrogens with one attached hydrogen (secondary N) is 1. The number of amides is 1. The number of hydrogen-bond acceptors (Lipinski definition) is 3. The number of nitrogen functional groups attached to an aromatic ring is 1. The molecule has 0 atom stereocenters. The van der Waals surface area contributed by atoms with Crippen molar-refractivity contribution in [1.29, 1.82) is 0 Å². The van der Waals surface area contributed by atoms with Gasteiger partial charge < -0.3 is 11.1 Å². The van der Waals surface area contributed by atoms with Crippen molar-refractivity contribution in [3.8, 4) is 0 Å². The van der Waals surface area contributed by atoms with Crippen LogP contribution in [0.3, 0.4) is 0 Å². The van der Waals surface area contributed by atoms with Crippen LogP contribution in [-0.2, 0) is 4.79 Å². The summed E-state index contributed by atoms with van der Waals surface area (Å²) in [6.07, 6.45) is 2.54. The van der Waals surface area contributed by atoms with Crippen LogP contribution in [0.1, 0.15) is 19.8 Å². The minimum absolute atomic E-state index is 0.110. The molecule has 4 nitrogen and oxygen atoms in total. The van der Waals surface area contributed by atoms with Gasteiger partial charge >= 0.3 is 0 Å². The van der Waals surface area contributed by atoms with Crippen LogP contribution in [0.25, 0.3) is 0 Å². The number of hydrogen-bond donors (Lipinski definition) is 2. The number of rotatable bonds is 6. The van der Waals surface area contributed by atoms with Crippen molar-refractivity contribution in [1.82, 2.24) is 4.90 Å². The molecule has 1 saturated carbocycles. The Bertz CT molecular complexity index is 480. The highest BCUT2D eigenvalue weighted by Gasteiger charge is 2.24. The van der Waals surface area contributed by atoms with Crippen molar-refractivity contribution in [2.45, 2.75) is 19.8 Å². The second-order valence-electron chi connectivity index (χ2n) is 5.18. The molecule has 0 saturated heterocycles. The zero-order chi connectivity index (χ0) is 14.7. The van der Waals surface area contributed by atoms with Gasteiger partial charge in [-0.25, -0.2) is 0 Å². The van der Waals surface area contributed by atoms with E-state index in [1.165, 1.54) is 12.8 Å². The first-order valence-corrected chi connectivity index (χ1v) is 7.52. The summed E-state index contributed by atoms with van der Waals surface area (Å²) < 4.78 is 0. The highest BCUT2D eigenvalue weighted by atomic mass is 35.5. The van der Waals surface area contributed by atoms with Gasteiger partial charge in [0.15, 0.2) is 0 Å². The molecule has 1 aromatic carbocycles. The van der Waals surface area contributed by atoms with E-state index < -0.39 is 0 Å². The van der Waals surface area contributed by atoms with Crippen molar-refractivity contribution >= 4 is 40.5 Å². The lowest BCUT2D eigenvalue weighted by atomic mass is 10.2. The van der Waals surface area contributed by atoms with Gasteiger partial charge in [-0.15, -0.1) is 0 Å². The lowest BCUT2D eigenvalue weighted by Crippen LogP contribution is -2.34. The van der Waals surface area contributed by atoms with Gasteiger partial charge in [-0.05, 0) is 37.4 Å². The average molecular weight is 316 g/mol. The van der Waals surface area contributed by atoms with E-state index in [-0.39, 0.29) is 5.91 Å². The maximum atomic E-state index is 12.1. The molecule has 0 radical (unpaired) electrons. The average Bonchev–Trinajstić information content (AvgIpc) is 3.17. The van der Waals surface area contributed by atoms with E-state index in [9.17, 15) is 4.79 Å². The van der Waals surface area contributed by atoms with Crippen LogP contribution in [0.5, 0.6) is 0 Å². The van der Waals surface area contributed by atoms with Gasteiger partial charge in [-0.1, -0.05) is 30.1 Å². The second-order valence-corrected chi connectivity index (χ2v) is 5.99. The topological polar surface area (TPSA) is 58.4 Å². The summed E-state index contributed by atoms with van der Waals surface area (Å²) in [7, 11) is 0. The predicted octanol–water partition coefficient (Wildman–Crippen LogP) is 3.25. The van der Waals surface area contributed by atoms with Gasteiger partial charge in [0.25, 0.3) is 0 Å². The molecular weight excluding hydrogens is 297 g/mol. The summed E-state index contributed by atoms with van der Waals surface area (Å²) in [5, 5.41) is 3.47. The van der Waals surface area contributed by atoms with Crippen LogP contribution < -0.4 is 11.1 Å². The number of carbonyl (C=O) groups is 1. The van der Waals surface area contributed by atoms with Crippen LogP contribution in [0.2, 0.25) is 10.0 Å². The molecule has 0 spiro atoms. The van der Waals surface area contributed by atoms with Crippen LogP contribution in [0, 0.1) is 5.92 Å². The lowest BCUT2D eigenvalue weighted by molar-refractivity contribution is -0.117. The third-order valence-corrected chi connectivity index (χ3v) is 3.95. The molecule has 3 N–H and O–H groups in total. The molecule has 0 heterocycles. The standard InChI is InChI=1S/C14H19Cl2N3O/c1-2-19(7-9-3-4-9)8-13(20)18-14-11(15)5-10(17)6-12(14)16/h5-6,9H,2-4,7-8,17H2,1H3,(H,18,20). The van der Waals surface area contributed by atoms with E-state index in [4.69, 9.17) is 28.9 Å². The Balaban J connectivity index is 1.96. The predicted molar refractivity (Wildman–Crippen MR) is 84.3 cm³/mol. The molecule has 1 aliphatic carbocycles. The number of carbonyl (C=O) groups excluding carboxylic acids is 1. The number of nitrogens with zero attached hydrogens (tertiary/aromatic N) is 1. The largest absolute Gasteiger partial charge is 0.399 e. The van der Waals surface area contributed by atoms with E-state index in [0.29, 0.717) is 28.0 Å². The second kappa shape index (κ2) is 6.66. The molecule has 20 heavy (non-hydrogen) atoms. The smallest absolute Gasteiger partial charge is 0.238 e. The third kappa shape index (κ3) is 4.27. The number of benzene rings is 1. The molecule has 1 aromatic rings. The van der Waals surface area contributed by atoms with Crippen LogP contribution in [0.4, 0.5) is 11.4 Å². The van der Waals surface area contributed by atoms with Gasteiger partial charge in [0, 0.05) is 12.2 Å². The van der Waals surface area contributed by atoms with Crippen molar-refractivity contribution in [2.24, 2.45) is 5.92 Å². The summed E-state index contributed by atoms with van der Waals surface area (Å²) in [5.41, 5.74) is 6.53. The summed E-state index contributed by atoms with van der Waals surface area (Å²) >= 11 is 12.1.